The third kappa shape index (κ3) is 4.31. The Bertz CT molecular complexity index is 516. The lowest BCUT2D eigenvalue weighted by Crippen LogP contribution is -2.35. The fourth-order valence-electron chi connectivity index (χ4n) is 2.89. The predicted octanol–water partition coefficient (Wildman–Crippen LogP) is 1.48. The van der Waals surface area contributed by atoms with Gasteiger partial charge in [-0.1, -0.05) is 30.3 Å². The van der Waals surface area contributed by atoms with Gasteiger partial charge in [-0.15, -0.1) is 0 Å². The molecule has 1 heterocycles. The van der Waals surface area contributed by atoms with Crippen LogP contribution in [-0.2, 0) is 9.59 Å². The zero-order chi connectivity index (χ0) is 16.1. The van der Waals surface area contributed by atoms with Gasteiger partial charge in [-0.2, -0.15) is 0 Å². The van der Waals surface area contributed by atoms with Crippen LogP contribution in [0.15, 0.2) is 30.3 Å². The fourth-order valence-corrected chi connectivity index (χ4v) is 2.89. The first-order valence-corrected chi connectivity index (χ1v) is 7.75. The largest absolute Gasteiger partial charge is 0.393 e. The Kier molecular flexibility index (Phi) is 5.55. The van der Waals surface area contributed by atoms with Gasteiger partial charge in [0.15, 0.2) is 0 Å². The van der Waals surface area contributed by atoms with Crippen molar-refractivity contribution in [1.29, 1.82) is 0 Å². The lowest BCUT2D eigenvalue weighted by molar-refractivity contribution is -0.131. The number of nitrogens with one attached hydrogen (secondary N) is 1. The van der Waals surface area contributed by atoms with E-state index >= 15 is 0 Å². The average Bonchev–Trinajstić information content (AvgIpc) is 2.97. The number of aliphatic hydroxyl groups excluding tert-OH is 1. The molecule has 120 valence electrons. The van der Waals surface area contributed by atoms with Crippen molar-refractivity contribution in [2.75, 3.05) is 13.1 Å². The van der Waals surface area contributed by atoms with Gasteiger partial charge >= 0.3 is 0 Å². The molecule has 1 aromatic carbocycles. The highest BCUT2D eigenvalue weighted by atomic mass is 16.3. The lowest BCUT2D eigenvalue weighted by atomic mass is 10.0. The highest BCUT2D eigenvalue weighted by Crippen LogP contribution is 2.23. The van der Waals surface area contributed by atoms with Crippen LogP contribution in [0, 0.1) is 5.92 Å². The maximum Gasteiger partial charge on any atom is 0.224 e. The molecule has 2 N–H and O–H groups in total. The van der Waals surface area contributed by atoms with Crippen LogP contribution in [0.3, 0.4) is 0 Å². The topological polar surface area (TPSA) is 69.6 Å². The van der Waals surface area contributed by atoms with E-state index in [1.165, 1.54) is 6.92 Å². The van der Waals surface area contributed by atoms with Crippen LogP contribution < -0.4 is 5.32 Å². The molecule has 0 bridgehead atoms. The van der Waals surface area contributed by atoms with Crippen LogP contribution in [0.5, 0.6) is 0 Å². The van der Waals surface area contributed by atoms with Crippen LogP contribution in [0.4, 0.5) is 0 Å². The summed E-state index contributed by atoms with van der Waals surface area (Å²) < 4.78 is 0. The smallest absolute Gasteiger partial charge is 0.224 e. The van der Waals surface area contributed by atoms with E-state index in [4.69, 9.17) is 0 Å². The van der Waals surface area contributed by atoms with Crippen LogP contribution in [0.2, 0.25) is 0 Å². The van der Waals surface area contributed by atoms with Crippen molar-refractivity contribution in [2.24, 2.45) is 5.92 Å². The van der Waals surface area contributed by atoms with Gasteiger partial charge in [0.1, 0.15) is 0 Å². The Balaban J connectivity index is 2.01. The van der Waals surface area contributed by atoms with Gasteiger partial charge < -0.3 is 15.3 Å². The highest BCUT2D eigenvalue weighted by molar-refractivity contribution is 5.79. The van der Waals surface area contributed by atoms with Crippen molar-refractivity contribution in [3.63, 3.8) is 0 Å². The second-order valence-electron chi connectivity index (χ2n) is 6.00. The summed E-state index contributed by atoms with van der Waals surface area (Å²) in [5, 5.41) is 12.5. The fraction of sp³-hybridized carbons (Fsp3) is 0.529. The van der Waals surface area contributed by atoms with Crippen LogP contribution in [0.1, 0.15) is 38.3 Å². The molecule has 5 heteroatoms. The predicted molar refractivity (Wildman–Crippen MR) is 84.0 cm³/mol. The van der Waals surface area contributed by atoms with E-state index in [9.17, 15) is 14.7 Å². The minimum Gasteiger partial charge on any atom is -0.393 e. The molecule has 3 unspecified atom stereocenters. The molecule has 1 aliphatic heterocycles. The molecule has 0 radical (unpaired) electrons. The van der Waals surface area contributed by atoms with E-state index in [0.29, 0.717) is 13.1 Å². The molecule has 5 nitrogen and oxygen atoms in total. The molecule has 1 saturated heterocycles. The monoisotopic (exact) mass is 304 g/mol. The Hall–Kier alpha value is -1.88. The SMILES string of the molecule is CC(=O)NC(CC(=O)N1CCC(C(C)O)C1)c1ccccc1. The second-order valence-corrected chi connectivity index (χ2v) is 6.00. The van der Waals surface area contributed by atoms with E-state index in [-0.39, 0.29) is 30.2 Å². The van der Waals surface area contributed by atoms with Gasteiger partial charge in [-0.05, 0) is 18.9 Å². The van der Waals surface area contributed by atoms with E-state index in [1.807, 2.05) is 30.3 Å². The molecule has 0 aliphatic carbocycles. The first-order valence-electron chi connectivity index (χ1n) is 7.75. The standard InChI is InChI=1S/C17H24N2O3/c1-12(20)15-8-9-19(11-15)17(22)10-16(18-13(2)21)14-6-4-3-5-7-14/h3-7,12,15-16,20H,8-11H2,1-2H3,(H,18,21). The minimum absolute atomic E-state index is 0.0192. The van der Waals surface area contributed by atoms with Crippen LogP contribution in [-0.4, -0.2) is 41.0 Å². The Morgan fingerprint density at radius 2 is 2.05 bits per heavy atom. The summed E-state index contributed by atoms with van der Waals surface area (Å²) in [5.41, 5.74) is 0.928. The number of amides is 2. The van der Waals surface area contributed by atoms with Crippen molar-refractivity contribution in [1.82, 2.24) is 10.2 Å². The molecular weight excluding hydrogens is 280 g/mol. The summed E-state index contributed by atoms with van der Waals surface area (Å²) in [5.74, 6) is 0.0237. The van der Waals surface area contributed by atoms with Crippen molar-refractivity contribution < 1.29 is 14.7 Å². The van der Waals surface area contributed by atoms with E-state index in [0.717, 1.165) is 12.0 Å². The van der Waals surface area contributed by atoms with Crippen molar-refractivity contribution in [3.05, 3.63) is 35.9 Å². The molecule has 1 fully saturated rings. The third-order valence-electron chi connectivity index (χ3n) is 4.22. The number of hydrogen-bond acceptors (Lipinski definition) is 3. The number of nitrogens with zero attached hydrogens (tertiary/aromatic N) is 1. The Labute approximate surface area is 131 Å². The van der Waals surface area contributed by atoms with Crippen LogP contribution >= 0.6 is 0 Å². The zero-order valence-corrected chi connectivity index (χ0v) is 13.2. The molecule has 1 aliphatic rings. The van der Waals surface area contributed by atoms with Crippen molar-refractivity contribution >= 4 is 11.8 Å². The van der Waals surface area contributed by atoms with Gasteiger partial charge in [0.25, 0.3) is 0 Å². The first-order chi connectivity index (χ1) is 10.5. The van der Waals surface area contributed by atoms with E-state index in [2.05, 4.69) is 5.32 Å². The number of likely N-dealkylation sites (tertiary alicyclic amines) is 1. The molecule has 0 spiro atoms. The Morgan fingerprint density at radius 3 is 2.59 bits per heavy atom. The van der Waals surface area contributed by atoms with Crippen LogP contribution in [0.25, 0.3) is 0 Å². The van der Waals surface area contributed by atoms with Gasteiger partial charge in [0, 0.05) is 25.9 Å². The van der Waals surface area contributed by atoms with Crippen molar-refractivity contribution in [3.8, 4) is 0 Å². The second kappa shape index (κ2) is 7.40. The molecule has 0 saturated carbocycles. The number of benzene rings is 1. The van der Waals surface area contributed by atoms with Crippen molar-refractivity contribution in [2.45, 2.75) is 38.8 Å². The van der Waals surface area contributed by atoms with E-state index in [1.54, 1.807) is 11.8 Å². The number of carbonyl (C=O) groups is 2. The maximum absolute atomic E-state index is 12.5. The molecule has 22 heavy (non-hydrogen) atoms. The summed E-state index contributed by atoms with van der Waals surface area (Å²) in [6.07, 6.45) is 0.688. The zero-order valence-electron chi connectivity index (χ0n) is 13.2. The van der Waals surface area contributed by atoms with E-state index < -0.39 is 6.10 Å². The molecule has 2 rings (SSSR count). The summed E-state index contributed by atoms with van der Waals surface area (Å²) in [6, 6.07) is 9.22. The number of rotatable bonds is 5. The molecule has 1 aromatic rings. The Morgan fingerprint density at radius 1 is 1.36 bits per heavy atom. The summed E-state index contributed by atoms with van der Waals surface area (Å²) >= 11 is 0. The summed E-state index contributed by atoms with van der Waals surface area (Å²) in [6.45, 7) is 4.50. The number of carbonyl (C=O) groups excluding carboxylic acids is 2. The first kappa shape index (κ1) is 16.5. The average molecular weight is 304 g/mol. The summed E-state index contributed by atoms with van der Waals surface area (Å²) in [4.78, 5) is 25.7. The molecule has 0 aromatic heterocycles. The molecule has 2 amide bonds. The number of hydrogen-bond donors (Lipinski definition) is 2. The molecular formula is C17H24N2O3. The minimum atomic E-state index is -0.391. The third-order valence-corrected chi connectivity index (χ3v) is 4.22. The molecule has 3 atom stereocenters. The van der Waals surface area contributed by atoms with Gasteiger partial charge in [-0.25, -0.2) is 0 Å². The quantitative estimate of drug-likeness (QED) is 0.866. The van der Waals surface area contributed by atoms with Gasteiger partial charge in [-0.3, -0.25) is 9.59 Å². The summed E-state index contributed by atoms with van der Waals surface area (Å²) in [7, 11) is 0. The normalized spacial score (nSPS) is 20.5. The number of aliphatic hydroxyl groups is 1. The lowest BCUT2D eigenvalue weighted by Gasteiger charge is -2.22. The van der Waals surface area contributed by atoms with Gasteiger partial charge in [0.2, 0.25) is 11.8 Å². The highest BCUT2D eigenvalue weighted by Gasteiger charge is 2.30. The van der Waals surface area contributed by atoms with Gasteiger partial charge in [0.05, 0.1) is 18.6 Å². The maximum atomic E-state index is 12.5.